The number of amides is 1. The molecule has 1 aromatic heterocycles. The molecule has 1 N–H and O–H groups in total. The van der Waals surface area contributed by atoms with Crippen molar-refractivity contribution in [1.29, 1.82) is 0 Å². The lowest BCUT2D eigenvalue weighted by atomic mass is 10.1. The lowest BCUT2D eigenvalue weighted by Crippen LogP contribution is -2.40. The highest BCUT2D eigenvalue weighted by Gasteiger charge is 2.22. The molecule has 1 heterocycles. The second-order valence-electron chi connectivity index (χ2n) is 8.05. The van der Waals surface area contributed by atoms with Gasteiger partial charge in [0.15, 0.2) is 6.61 Å². The number of ketones is 1. The molecule has 0 fully saturated rings. The van der Waals surface area contributed by atoms with Crippen LogP contribution in [-0.2, 0) is 9.53 Å². The van der Waals surface area contributed by atoms with Crippen LogP contribution >= 0.6 is 0 Å². The molecule has 0 aliphatic carbocycles. The summed E-state index contributed by atoms with van der Waals surface area (Å²) in [6, 6.07) is 16.0. The quantitative estimate of drug-likeness (QED) is 0.447. The molecule has 2 aromatic carbocycles. The maximum absolute atomic E-state index is 12.7. The molecule has 1 amide bonds. The van der Waals surface area contributed by atoms with E-state index in [1.807, 2.05) is 62.6 Å². The van der Waals surface area contributed by atoms with Crippen molar-refractivity contribution in [3.63, 3.8) is 0 Å². The number of nitrogens with zero attached hydrogens (tertiary/aromatic N) is 1. The predicted molar refractivity (Wildman–Crippen MR) is 123 cm³/mol. The minimum Gasteiger partial charge on any atom is -0.456 e. The lowest BCUT2D eigenvalue weighted by molar-refractivity contribution is -0.144. The first-order valence-electron chi connectivity index (χ1n) is 10.5. The zero-order valence-electron chi connectivity index (χ0n) is 19.1. The van der Waals surface area contributed by atoms with Crippen LogP contribution in [0.1, 0.15) is 50.2 Å². The van der Waals surface area contributed by atoms with E-state index in [-0.39, 0.29) is 18.3 Å². The number of hydrogen-bond acceptors (Lipinski definition) is 4. The van der Waals surface area contributed by atoms with Gasteiger partial charge in [0, 0.05) is 28.2 Å². The third-order valence-electron chi connectivity index (χ3n) is 5.35. The third kappa shape index (κ3) is 5.14. The van der Waals surface area contributed by atoms with Gasteiger partial charge in [-0.3, -0.25) is 9.59 Å². The van der Waals surface area contributed by atoms with Crippen LogP contribution in [0.5, 0.6) is 0 Å². The average molecular weight is 433 g/mol. The monoisotopic (exact) mass is 432 g/mol. The minimum atomic E-state index is -0.879. The number of aryl methyl sites for hydroxylation is 3. The molecule has 0 spiro atoms. The largest absolute Gasteiger partial charge is 0.456 e. The van der Waals surface area contributed by atoms with Crippen LogP contribution in [0.15, 0.2) is 54.6 Å². The Bertz CT molecular complexity index is 1160. The Kier molecular flexibility index (Phi) is 6.93. The Morgan fingerprint density at radius 3 is 2.28 bits per heavy atom. The Morgan fingerprint density at radius 1 is 0.938 bits per heavy atom. The van der Waals surface area contributed by atoms with E-state index < -0.39 is 12.0 Å². The number of nitrogens with one attached hydrogen (secondary N) is 1. The van der Waals surface area contributed by atoms with E-state index in [0.29, 0.717) is 11.1 Å². The SMILES string of the molecule is Cc1ccc(-n2c(C)cc(C(=O)COC(=O)C(C)NC(=O)c3cccc(C)c3)c2C)cc1. The first kappa shape index (κ1) is 23.0. The standard InChI is InChI=1S/C26H28N2O4/c1-16-9-11-22(12-10-16)28-18(3)14-23(20(28)5)24(29)15-32-26(31)19(4)27-25(30)21-8-6-7-17(2)13-21/h6-14,19H,15H2,1-5H3,(H,27,30). The van der Waals surface area contributed by atoms with Gasteiger partial charge in [0.25, 0.3) is 5.91 Å². The highest BCUT2D eigenvalue weighted by atomic mass is 16.5. The number of hydrogen-bond donors (Lipinski definition) is 1. The molecule has 166 valence electrons. The van der Waals surface area contributed by atoms with E-state index in [0.717, 1.165) is 28.2 Å². The number of benzene rings is 2. The zero-order valence-corrected chi connectivity index (χ0v) is 19.1. The minimum absolute atomic E-state index is 0.290. The van der Waals surface area contributed by atoms with Crippen molar-refractivity contribution in [3.8, 4) is 5.69 Å². The van der Waals surface area contributed by atoms with Crippen LogP contribution in [0.25, 0.3) is 5.69 Å². The number of aromatic nitrogens is 1. The Labute approximate surface area is 188 Å². The third-order valence-corrected chi connectivity index (χ3v) is 5.35. The van der Waals surface area contributed by atoms with Gasteiger partial charge in [0.05, 0.1) is 0 Å². The Morgan fingerprint density at radius 2 is 1.62 bits per heavy atom. The van der Waals surface area contributed by atoms with Crippen molar-refractivity contribution in [2.24, 2.45) is 0 Å². The van der Waals surface area contributed by atoms with Crippen molar-refractivity contribution >= 4 is 17.7 Å². The first-order valence-corrected chi connectivity index (χ1v) is 10.5. The summed E-state index contributed by atoms with van der Waals surface area (Å²) in [7, 11) is 0. The number of Topliss-reactive ketones (excluding diaryl/α,β-unsaturated/α-hetero) is 1. The number of ether oxygens (including phenoxy) is 1. The molecule has 1 atom stereocenters. The van der Waals surface area contributed by atoms with Crippen LogP contribution in [0, 0.1) is 27.7 Å². The van der Waals surface area contributed by atoms with Crippen LogP contribution in [0.4, 0.5) is 0 Å². The first-order chi connectivity index (χ1) is 15.2. The fourth-order valence-electron chi connectivity index (χ4n) is 3.60. The van der Waals surface area contributed by atoms with Gasteiger partial charge in [-0.15, -0.1) is 0 Å². The molecular formula is C26H28N2O4. The van der Waals surface area contributed by atoms with Crippen molar-refractivity contribution in [3.05, 3.63) is 88.2 Å². The van der Waals surface area contributed by atoms with Gasteiger partial charge >= 0.3 is 5.97 Å². The van der Waals surface area contributed by atoms with Gasteiger partial charge in [0.1, 0.15) is 6.04 Å². The molecule has 0 saturated carbocycles. The van der Waals surface area contributed by atoms with Crippen LogP contribution in [0.3, 0.4) is 0 Å². The molecule has 0 aliphatic heterocycles. The molecule has 0 bridgehead atoms. The molecule has 0 saturated heterocycles. The van der Waals surface area contributed by atoms with Gasteiger partial charge in [-0.1, -0.05) is 35.4 Å². The summed E-state index contributed by atoms with van der Waals surface area (Å²) in [5.41, 5.74) is 5.74. The second-order valence-corrected chi connectivity index (χ2v) is 8.05. The van der Waals surface area contributed by atoms with E-state index in [2.05, 4.69) is 5.32 Å². The normalized spacial score (nSPS) is 11.7. The summed E-state index contributed by atoms with van der Waals surface area (Å²) in [5.74, 6) is -1.32. The highest BCUT2D eigenvalue weighted by molar-refractivity contribution is 6.00. The van der Waals surface area contributed by atoms with Crippen LogP contribution < -0.4 is 5.32 Å². The van der Waals surface area contributed by atoms with Crippen molar-refractivity contribution < 1.29 is 19.1 Å². The number of carbonyl (C=O) groups is 3. The maximum Gasteiger partial charge on any atom is 0.328 e. The molecule has 6 nitrogen and oxygen atoms in total. The molecule has 6 heteroatoms. The van der Waals surface area contributed by atoms with Crippen molar-refractivity contribution in [2.75, 3.05) is 6.61 Å². The molecule has 0 radical (unpaired) electrons. The summed E-state index contributed by atoms with van der Waals surface area (Å²) in [6.45, 7) is 8.85. The van der Waals surface area contributed by atoms with Crippen molar-refractivity contribution in [2.45, 2.75) is 40.7 Å². The average Bonchev–Trinajstić information content (AvgIpc) is 3.06. The Balaban J connectivity index is 1.63. The smallest absolute Gasteiger partial charge is 0.328 e. The number of rotatable bonds is 7. The summed E-state index contributed by atoms with van der Waals surface area (Å²) in [6.07, 6.45) is 0. The van der Waals surface area contributed by atoms with E-state index in [9.17, 15) is 14.4 Å². The van der Waals surface area contributed by atoms with Crippen LogP contribution in [-0.4, -0.2) is 34.9 Å². The molecular weight excluding hydrogens is 404 g/mol. The van der Waals surface area contributed by atoms with E-state index in [4.69, 9.17) is 4.74 Å². The van der Waals surface area contributed by atoms with Crippen molar-refractivity contribution in [1.82, 2.24) is 9.88 Å². The van der Waals surface area contributed by atoms with Gasteiger partial charge < -0.3 is 14.6 Å². The zero-order chi connectivity index (χ0) is 23.4. The number of carbonyl (C=O) groups excluding carboxylic acids is 3. The van der Waals surface area contributed by atoms with Gasteiger partial charge in [-0.2, -0.15) is 0 Å². The predicted octanol–water partition coefficient (Wildman–Crippen LogP) is 4.26. The molecule has 3 rings (SSSR count). The molecule has 0 aliphatic rings. The van der Waals surface area contributed by atoms with Gasteiger partial charge in [-0.05, 0) is 65.0 Å². The number of esters is 1. The molecule has 3 aromatic rings. The lowest BCUT2D eigenvalue weighted by Gasteiger charge is -2.13. The summed E-state index contributed by atoms with van der Waals surface area (Å²) in [4.78, 5) is 37.4. The topological polar surface area (TPSA) is 77.4 Å². The van der Waals surface area contributed by atoms with E-state index >= 15 is 0 Å². The summed E-state index contributed by atoms with van der Waals surface area (Å²) < 4.78 is 7.19. The highest BCUT2D eigenvalue weighted by Crippen LogP contribution is 2.21. The summed E-state index contributed by atoms with van der Waals surface area (Å²) >= 11 is 0. The van der Waals surface area contributed by atoms with Gasteiger partial charge in [-0.25, -0.2) is 4.79 Å². The maximum atomic E-state index is 12.7. The fraction of sp³-hybridized carbons (Fsp3) is 0.269. The van der Waals surface area contributed by atoms with Gasteiger partial charge in [0.2, 0.25) is 5.78 Å². The summed E-state index contributed by atoms with van der Waals surface area (Å²) in [5, 5.41) is 2.61. The van der Waals surface area contributed by atoms with E-state index in [1.54, 1.807) is 24.3 Å². The van der Waals surface area contributed by atoms with Crippen LogP contribution in [0.2, 0.25) is 0 Å². The molecule has 1 unspecified atom stereocenters. The Hall–Kier alpha value is -3.67. The second kappa shape index (κ2) is 9.64. The molecule has 32 heavy (non-hydrogen) atoms. The fourth-order valence-corrected chi connectivity index (χ4v) is 3.60. The van der Waals surface area contributed by atoms with E-state index in [1.165, 1.54) is 6.92 Å².